The number of carboxylic acids is 1. The van der Waals surface area contributed by atoms with Gasteiger partial charge in [0.05, 0.1) is 9.97 Å². The topological polar surface area (TPSA) is 113 Å². The maximum Gasteiger partial charge on any atom is 0.329 e. The van der Waals surface area contributed by atoms with Gasteiger partial charge in [0.1, 0.15) is 5.75 Å². The van der Waals surface area contributed by atoms with Gasteiger partial charge in [-0.25, -0.2) is 4.79 Å². The van der Waals surface area contributed by atoms with Crippen LogP contribution in [-0.2, 0) is 11.2 Å². The van der Waals surface area contributed by atoms with Gasteiger partial charge in [-0.15, -0.1) is 11.8 Å². The molecule has 0 radical (unpaired) electrons. The third-order valence-corrected chi connectivity index (χ3v) is 4.40. The van der Waals surface area contributed by atoms with Crippen molar-refractivity contribution in [3.05, 3.63) is 33.9 Å². The Morgan fingerprint density at radius 3 is 2.71 bits per heavy atom. The zero-order valence-corrected chi connectivity index (χ0v) is 12.3. The minimum atomic E-state index is -1.01. The van der Waals surface area contributed by atoms with Crippen LogP contribution in [0.5, 0.6) is 5.75 Å². The molecule has 0 aliphatic carbocycles. The van der Waals surface area contributed by atoms with Crippen LogP contribution >= 0.6 is 11.8 Å². The summed E-state index contributed by atoms with van der Waals surface area (Å²) in [5.41, 5.74) is 0.234. The van der Waals surface area contributed by atoms with Crippen molar-refractivity contribution >= 4 is 28.5 Å². The molecule has 0 amide bonds. The smallest absolute Gasteiger partial charge is 0.329 e. The van der Waals surface area contributed by atoms with Crippen molar-refractivity contribution in [3.63, 3.8) is 0 Å². The lowest BCUT2D eigenvalue weighted by Crippen LogP contribution is -2.34. The Bertz CT molecular complexity index is 641. The van der Waals surface area contributed by atoms with E-state index in [1.807, 2.05) is 0 Å². The minimum absolute atomic E-state index is 0.0690. The number of non-ortho nitro benzene ring substituents is 1. The van der Waals surface area contributed by atoms with E-state index in [9.17, 15) is 20.0 Å². The molecule has 21 heavy (non-hydrogen) atoms. The van der Waals surface area contributed by atoms with Crippen molar-refractivity contribution in [1.29, 1.82) is 0 Å². The molecule has 1 aromatic rings. The summed E-state index contributed by atoms with van der Waals surface area (Å²) in [5.74, 6) is -1.08. The fourth-order valence-corrected chi connectivity index (χ4v) is 3.37. The van der Waals surface area contributed by atoms with Gasteiger partial charge in [0.15, 0.2) is 6.04 Å². The van der Waals surface area contributed by atoms with Crippen LogP contribution in [-0.4, -0.2) is 36.9 Å². The number of phenolic OH excluding ortho intramolecular Hbond substituents is 1. The highest BCUT2D eigenvalue weighted by Gasteiger charge is 2.42. The maximum absolute atomic E-state index is 11.2. The van der Waals surface area contributed by atoms with Crippen LogP contribution in [0.3, 0.4) is 0 Å². The molecule has 0 saturated carbocycles. The highest BCUT2D eigenvalue weighted by molar-refractivity contribution is 8.15. The predicted octanol–water partition coefficient (Wildman–Crippen LogP) is 2.22. The number of nitro groups is 1. The van der Waals surface area contributed by atoms with Gasteiger partial charge in [-0.05, 0) is 19.9 Å². The molecule has 1 aliphatic rings. The van der Waals surface area contributed by atoms with Crippen molar-refractivity contribution in [1.82, 2.24) is 0 Å². The molecule has 1 heterocycles. The molecule has 112 valence electrons. The summed E-state index contributed by atoms with van der Waals surface area (Å²) in [4.78, 5) is 25.5. The summed E-state index contributed by atoms with van der Waals surface area (Å²) >= 11 is 1.31. The van der Waals surface area contributed by atoms with E-state index in [1.54, 1.807) is 13.8 Å². The Labute approximate surface area is 124 Å². The summed E-state index contributed by atoms with van der Waals surface area (Å²) < 4.78 is -0.586. The van der Waals surface area contributed by atoms with E-state index in [2.05, 4.69) is 4.99 Å². The highest BCUT2D eigenvalue weighted by atomic mass is 32.2. The van der Waals surface area contributed by atoms with Gasteiger partial charge >= 0.3 is 5.97 Å². The monoisotopic (exact) mass is 310 g/mol. The quantitative estimate of drug-likeness (QED) is 0.651. The largest absolute Gasteiger partial charge is 0.508 e. The zero-order valence-electron chi connectivity index (χ0n) is 11.4. The van der Waals surface area contributed by atoms with Gasteiger partial charge in [0.2, 0.25) is 0 Å². The van der Waals surface area contributed by atoms with Crippen LogP contribution in [0.1, 0.15) is 19.4 Å². The van der Waals surface area contributed by atoms with Gasteiger partial charge in [0.25, 0.3) is 5.69 Å². The molecule has 0 aromatic heterocycles. The number of benzene rings is 1. The Hall–Kier alpha value is -2.09. The molecule has 8 heteroatoms. The molecule has 0 bridgehead atoms. The van der Waals surface area contributed by atoms with Crippen molar-refractivity contribution in [2.24, 2.45) is 4.99 Å². The van der Waals surface area contributed by atoms with Crippen LogP contribution in [0.15, 0.2) is 23.2 Å². The van der Waals surface area contributed by atoms with E-state index >= 15 is 0 Å². The molecular formula is C13H14N2O5S. The van der Waals surface area contributed by atoms with Crippen LogP contribution in [0.2, 0.25) is 0 Å². The van der Waals surface area contributed by atoms with Crippen molar-refractivity contribution < 1.29 is 19.9 Å². The number of rotatable bonds is 4. The summed E-state index contributed by atoms with van der Waals surface area (Å²) in [5, 5.41) is 30.2. The summed E-state index contributed by atoms with van der Waals surface area (Å²) in [6.45, 7) is 3.56. The van der Waals surface area contributed by atoms with E-state index in [0.717, 1.165) is 0 Å². The maximum atomic E-state index is 11.2. The van der Waals surface area contributed by atoms with Crippen molar-refractivity contribution in [3.8, 4) is 5.75 Å². The third-order valence-electron chi connectivity index (χ3n) is 3.16. The SMILES string of the molecule is CC1(C)SC(Cc2cc([N+](=O)[O-])ccc2O)=N[C@H]1C(=O)O. The van der Waals surface area contributed by atoms with E-state index in [0.29, 0.717) is 10.6 Å². The molecule has 1 aromatic carbocycles. The molecule has 0 spiro atoms. The number of phenols is 1. The molecule has 1 aliphatic heterocycles. The number of aromatic hydroxyl groups is 1. The van der Waals surface area contributed by atoms with Gasteiger partial charge in [-0.3, -0.25) is 15.1 Å². The van der Waals surface area contributed by atoms with Crippen LogP contribution in [0.25, 0.3) is 0 Å². The molecule has 0 unspecified atom stereocenters. The minimum Gasteiger partial charge on any atom is -0.508 e. The second-order valence-corrected chi connectivity index (χ2v) is 6.94. The first-order chi connectivity index (χ1) is 9.70. The first-order valence-electron chi connectivity index (χ1n) is 6.15. The first-order valence-corrected chi connectivity index (χ1v) is 6.97. The van der Waals surface area contributed by atoms with Gasteiger partial charge in [-0.1, -0.05) is 0 Å². The lowest BCUT2D eigenvalue weighted by molar-refractivity contribution is -0.384. The molecule has 0 fully saturated rings. The number of nitrogens with zero attached hydrogens (tertiary/aromatic N) is 2. The lowest BCUT2D eigenvalue weighted by Gasteiger charge is -2.20. The number of thioether (sulfide) groups is 1. The average molecular weight is 310 g/mol. The Morgan fingerprint density at radius 2 is 2.19 bits per heavy atom. The van der Waals surface area contributed by atoms with Gasteiger partial charge in [0, 0.05) is 28.9 Å². The number of aliphatic imine (C=N–C) groups is 1. The predicted molar refractivity (Wildman–Crippen MR) is 79.0 cm³/mol. The fraction of sp³-hybridized carbons (Fsp3) is 0.385. The summed E-state index contributed by atoms with van der Waals surface area (Å²) in [7, 11) is 0. The molecule has 2 rings (SSSR count). The Balaban J connectivity index is 2.27. The number of aliphatic carboxylic acids is 1. The van der Waals surface area contributed by atoms with Crippen LogP contribution in [0.4, 0.5) is 5.69 Å². The zero-order chi connectivity index (χ0) is 15.8. The molecular weight excluding hydrogens is 296 g/mol. The number of nitro benzene ring substituents is 1. The van der Waals surface area contributed by atoms with Gasteiger partial charge in [-0.2, -0.15) is 0 Å². The molecule has 7 nitrogen and oxygen atoms in total. The van der Waals surface area contributed by atoms with Crippen LogP contribution < -0.4 is 0 Å². The van der Waals surface area contributed by atoms with E-state index < -0.39 is 21.7 Å². The number of hydrogen-bond donors (Lipinski definition) is 2. The fourth-order valence-electron chi connectivity index (χ4n) is 2.11. The molecule has 2 N–H and O–H groups in total. The van der Waals surface area contributed by atoms with Crippen LogP contribution in [0, 0.1) is 10.1 Å². The second-order valence-electron chi connectivity index (χ2n) is 5.22. The average Bonchev–Trinajstić information content (AvgIpc) is 2.66. The number of carbonyl (C=O) groups is 1. The Morgan fingerprint density at radius 1 is 1.52 bits per heavy atom. The van der Waals surface area contributed by atoms with Crippen molar-refractivity contribution in [2.75, 3.05) is 0 Å². The van der Waals surface area contributed by atoms with E-state index in [4.69, 9.17) is 5.11 Å². The summed E-state index contributed by atoms with van der Waals surface area (Å²) in [6, 6.07) is 2.89. The molecule has 0 saturated heterocycles. The summed E-state index contributed by atoms with van der Waals surface area (Å²) in [6.07, 6.45) is 0.172. The normalized spacial score (nSPS) is 20.1. The van der Waals surface area contributed by atoms with Gasteiger partial charge < -0.3 is 10.2 Å². The molecule has 1 atom stereocenters. The first kappa shape index (κ1) is 15.3. The number of carboxylic acid groups (broad SMARTS) is 1. The Kier molecular flexibility index (Phi) is 3.91. The number of hydrogen-bond acceptors (Lipinski definition) is 6. The lowest BCUT2D eigenvalue weighted by atomic mass is 10.0. The van der Waals surface area contributed by atoms with E-state index in [1.165, 1.54) is 30.0 Å². The van der Waals surface area contributed by atoms with E-state index in [-0.39, 0.29) is 17.9 Å². The highest BCUT2D eigenvalue weighted by Crippen LogP contribution is 2.39. The third kappa shape index (κ3) is 3.15. The second kappa shape index (κ2) is 5.36. The van der Waals surface area contributed by atoms with Crippen molar-refractivity contribution in [2.45, 2.75) is 31.1 Å². The standard InChI is InChI=1S/C13H14N2O5S/c1-13(2)11(12(17)18)14-10(21-13)6-7-5-8(15(19)20)3-4-9(7)16/h3-5,11,16H,6H2,1-2H3,(H,17,18)/t11-/m0/s1.